The van der Waals surface area contributed by atoms with E-state index in [1.54, 1.807) is 12.1 Å². The summed E-state index contributed by atoms with van der Waals surface area (Å²) in [7, 11) is 0. The first-order chi connectivity index (χ1) is 9.65. The molecule has 1 heterocycles. The largest absolute Gasteiger partial charge is 0.478 e. The van der Waals surface area contributed by atoms with E-state index in [2.05, 4.69) is 10.6 Å². The standard InChI is InChI=1S/C15H12N2O3/c18-14-13(11-6-1-2-7-12(11)17-14)16-10-5-3-4-9(8-10)15(19)20/h1-8,13,16H,(H,17,18)(H,19,20). The highest BCUT2D eigenvalue weighted by molar-refractivity contribution is 6.04. The van der Waals surface area contributed by atoms with Crippen molar-refractivity contribution in [3.8, 4) is 0 Å². The van der Waals surface area contributed by atoms with Gasteiger partial charge in [-0.3, -0.25) is 4.79 Å². The van der Waals surface area contributed by atoms with Crippen molar-refractivity contribution in [1.29, 1.82) is 0 Å². The van der Waals surface area contributed by atoms with Crippen LogP contribution in [0, 0.1) is 0 Å². The number of carboxylic acid groups (broad SMARTS) is 1. The molecule has 1 aliphatic rings. The van der Waals surface area contributed by atoms with Crippen molar-refractivity contribution in [3.63, 3.8) is 0 Å². The SMILES string of the molecule is O=C(O)c1cccc(NC2C(=O)Nc3ccccc32)c1. The molecule has 5 heteroatoms. The maximum Gasteiger partial charge on any atom is 0.335 e. The summed E-state index contributed by atoms with van der Waals surface area (Å²) >= 11 is 0. The Labute approximate surface area is 115 Å². The second-order valence-corrected chi connectivity index (χ2v) is 4.54. The minimum absolute atomic E-state index is 0.146. The van der Waals surface area contributed by atoms with Gasteiger partial charge in [-0.25, -0.2) is 4.79 Å². The zero-order valence-electron chi connectivity index (χ0n) is 10.5. The average molecular weight is 268 g/mol. The van der Waals surface area contributed by atoms with Crippen LogP contribution in [0.4, 0.5) is 11.4 Å². The third-order valence-electron chi connectivity index (χ3n) is 3.21. The predicted molar refractivity (Wildman–Crippen MR) is 74.8 cm³/mol. The van der Waals surface area contributed by atoms with Crippen LogP contribution in [0.1, 0.15) is 22.0 Å². The molecule has 0 saturated carbocycles. The van der Waals surface area contributed by atoms with Gasteiger partial charge >= 0.3 is 5.97 Å². The van der Waals surface area contributed by atoms with E-state index < -0.39 is 12.0 Å². The van der Waals surface area contributed by atoms with Crippen molar-refractivity contribution < 1.29 is 14.7 Å². The van der Waals surface area contributed by atoms with E-state index in [0.29, 0.717) is 5.69 Å². The van der Waals surface area contributed by atoms with Crippen LogP contribution in [0.5, 0.6) is 0 Å². The monoisotopic (exact) mass is 268 g/mol. The summed E-state index contributed by atoms with van der Waals surface area (Å²) in [5, 5.41) is 14.8. The van der Waals surface area contributed by atoms with Gasteiger partial charge in [-0.15, -0.1) is 0 Å². The number of anilines is 2. The number of hydrogen-bond acceptors (Lipinski definition) is 3. The lowest BCUT2D eigenvalue weighted by atomic mass is 10.1. The summed E-state index contributed by atoms with van der Waals surface area (Å²) < 4.78 is 0. The summed E-state index contributed by atoms with van der Waals surface area (Å²) in [6.45, 7) is 0. The van der Waals surface area contributed by atoms with Crippen molar-refractivity contribution >= 4 is 23.3 Å². The van der Waals surface area contributed by atoms with E-state index in [-0.39, 0.29) is 11.5 Å². The van der Waals surface area contributed by atoms with E-state index in [0.717, 1.165) is 11.3 Å². The fourth-order valence-electron chi connectivity index (χ4n) is 2.26. The van der Waals surface area contributed by atoms with Gasteiger partial charge in [0.15, 0.2) is 0 Å². The molecule has 1 atom stereocenters. The van der Waals surface area contributed by atoms with Gasteiger partial charge in [-0.2, -0.15) is 0 Å². The number of para-hydroxylation sites is 1. The minimum Gasteiger partial charge on any atom is -0.478 e. The number of amides is 1. The third kappa shape index (κ3) is 2.09. The first kappa shape index (κ1) is 12.2. The van der Waals surface area contributed by atoms with Gasteiger partial charge in [-0.1, -0.05) is 24.3 Å². The van der Waals surface area contributed by atoms with E-state index in [1.165, 1.54) is 12.1 Å². The zero-order valence-corrected chi connectivity index (χ0v) is 10.5. The van der Waals surface area contributed by atoms with Crippen LogP contribution in [-0.4, -0.2) is 17.0 Å². The number of fused-ring (bicyclic) bond motifs is 1. The van der Waals surface area contributed by atoms with E-state index >= 15 is 0 Å². The van der Waals surface area contributed by atoms with Gasteiger partial charge in [0.25, 0.3) is 5.91 Å². The lowest BCUT2D eigenvalue weighted by Crippen LogP contribution is -2.19. The Morgan fingerprint density at radius 3 is 2.75 bits per heavy atom. The van der Waals surface area contributed by atoms with Crippen molar-refractivity contribution in [2.45, 2.75) is 6.04 Å². The topological polar surface area (TPSA) is 78.4 Å². The Hall–Kier alpha value is -2.82. The van der Waals surface area contributed by atoms with Gasteiger partial charge in [-0.05, 0) is 24.3 Å². The molecule has 5 nitrogen and oxygen atoms in total. The quantitative estimate of drug-likeness (QED) is 0.799. The number of carbonyl (C=O) groups is 2. The Bertz CT molecular complexity index is 697. The summed E-state index contributed by atoms with van der Waals surface area (Å²) in [4.78, 5) is 22.9. The van der Waals surface area contributed by atoms with Crippen LogP contribution in [0.25, 0.3) is 0 Å². The van der Waals surface area contributed by atoms with Gasteiger partial charge in [0.05, 0.1) is 5.56 Å². The van der Waals surface area contributed by atoms with E-state index in [1.807, 2.05) is 24.3 Å². The van der Waals surface area contributed by atoms with Crippen molar-refractivity contribution in [1.82, 2.24) is 0 Å². The number of benzene rings is 2. The fraction of sp³-hybridized carbons (Fsp3) is 0.0667. The molecule has 1 unspecified atom stereocenters. The van der Waals surface area contributed by atoms with E-state index in [4.69, 9.17) is 5.11 Å². The number of carboxylic acids is 1. The molecule has 3 N–H and O–H groups in total. The van der Waals surface area contributed by atoms with Crippen LogP contribution in [0.3, 0.4) is 0 Å². The summed E-state index contributed by atoms with van der Waals surface area (Å²) in [5.41, 5.74) is 2.42. The van der Waals surface area contributed by atoms with Crippen LogP contribution in [-0.2, 0) is 4.79 Å². The smallest absolute Gasteiger partial charge is 0.335 e. The molecule has 1 aliphatic heterocycles. The molecule has 2 aromatic carbocycles. The Morgan fingerprint density at radius 2 is 1.95 bits per heavy atom. The second-order valence-electron chi connectivity index (χ2n) is 4.54. The molecule has 3 rings (SSSR count). The molecule has 0 aliphatic carbocycles. The van der Waals surface area contributed by atoms with Crippen LogP contribution in [0.15, 0.2) is 48.5 Å². The van der Waals surface area contributed by atoms with Gasteiger partial charge in [0.1, 0.15) is 6.04 Å². The highest BCUT2D eigenvalue weighted by Gasteiger charge is 2.29. The molecule has 0 radical (unpaired) electrons. The molecule has 0 bridgehead atoms. The molecule has 0 saturated heterocycles. The number of carbonyl (C=O) groups excluding carboxylic acids is 1. The minimum atomic E-state index is -0.995. The molecule has 100 valence electrons. The van der Waals surface area contributed by atoms with Gasteiger partial charge in [0, 0.05) is 16.9 Å². The Balaban J connectivity index is 1.90. The summed E-state index contributed by atoms with van der Waals surface area (Å²) in [6, 6.07) is 13.3. The van der Waals surface area contributed by atoms with Crippen molar-refractivity contribution in [2.24, 2.45) is 0 Å². The number of rotatable bonds is 3. The normalized spacial score (nSPS) is 16.4. The van der Waals surface area contributed by atoms with Crippen LogP contribution < -0.4 is 10.6 Å². The van der Waals surface area contributed by atoms with E-state index in [9.17, 15) is 9.59 Å². The summed E-state index contributed by atoms with van der Waals surface area (Å²) in [6.07, 6.45) is 0. The molecular formula is C15H12N2O3. The van der Waals surface area contributed by atoms with Gasteiger partial charge in [0.2, 0.25) is 0 Å². The number of aromatic carboxylic acids is 1. The van der Waals surface area contributed by atoms with Crippen molar-refractivity contribution in [2.75, 3.05) is 10.6 Å². The molecule has 0 aromatic heterocycles. The number of hydrogen-bond donors (Lipinski definition) is 3. The Morgan fingerprint density at radius 1 is 1.15 bits per heavy atom. The predicted octanol–water partition coefficient (Wildman–Crippen LogP) is 2.49. The summed E-state index contributed by atoms with van der Waals surface area (Å²) in [5.74, 6) is -1.14. The lowest BCUT2D eigenvalue weighted by Gasteiger charge is -2.13. The van der Waals surface area contributed by atoms with Crippen LogP contribution >= 0.6 is 0 Å². The highest BCUT2D eigenvalue weighted by atomic mass is 16.4. The average Bonchev–Trinajstić information content (AvgIpc) is 2.76. The maximum atomic E-state index is 12.0. The molecule has 20 heavy (non-hydrogen) atoms. The number of nitrogens with one attached hydrogen (secondary N) is 2. The second kappa shape index (κ2) is 4.70. The molecule has 1 amide bonds. The van der Waals surface area contributed by atoms with Crippen molar-refractivity contribution in [3.05, 3.63) is 59.7 Å². The van der Waals surface area contributed by atoms with Gasteiger partial charge < -0.3 is 15.7 Å². The third-order valence-corrected chi connectivity index (χ3v) is 3.21. The Kier molecular flexibility index (Phi) is 2.87. The fourth-order valence-corrected chi connectivity index (χ4v) is 2.26. The first-order valence-corrected chi connectivity index (χ1v) is 6.15. The molecular weight excluding hydrogens is 256 g/mol. The first-order valence-electron chi connectivity index (χ1n) is 6.15. The lowest BCUT2D eigenvalue weighted by molar-refractivity contribution is -0.116. The maximum absolute atomic E-state index is 12.0. The molecule has 0 fully saturated rings. The van der Waals surface area contributed by atoms with Crippen LogP contribution in [0.2, 0.25) is 0 Å². The zero-order chi connectivity index (χ0) is 14.1. The molecule has 2 aromatic rings. The molecule has 0 spiro atoms. The highest BCUT2D eigenvalue weighted by Crippen LogP contribution is 2.32.